The number of H-pyrrole nitrogens is 1. The van der Waals surface area contributed by atoms with Crippen molar-refractivity contribution < 1.29 is 4.79 Å². The van der Waals surface area contributed by atoms with Crippen molar-refractivity contribution in [3.05, 3.63) is 53.7 Å². The normalized spacial score (nSPS) is 16.6. The van der Waals surface area contributed by atoms with Crippen molar-refractivity contribution >= 4 is 34.2 Å². The molecule has 142 valence electrons. The fraction of sp³-hybridized carbons (Fsp3) is 0.250. The first-order chi connectivity index (χ1) is 13.8. The first kappa shape index (κ1) is 17.2. The number of amides is 1. The topological polar surface area (TPSA) is 87.6 Å². The number of nitrogens with one attached hydrogen (secondary N) is 3. The zero-order chi connectivity index (χ0) is 18.9. The molecule has 5 rings (SSSR count). The van der Waals surface area contributed by atoms with Gasteiger partial charge in [0.15, 0.2) is 0 Å². The summed E-state index contributed by atoms with van der Waals surface area (Å²) in [4.78, 5) is 19.2. The summed E-state index contributed by atoms with van der Waals surface area (Å²) in [6, 6.07) is 12.2. The highest BCUT2D eigenvalue weighted by molar-refractivity contribution is 7.17. The van der Waals surface area contributed by atoms with Gasteiger partial charge in [-0.05, 0) is 43.7 Å². The Kier molecular flexibility index (Phi) is 4.42. The molecule has 3 N–H and O–H groups in total. The molecular formula is C20H20N6OS. The van der Waals surface area contributed by atoms with Crippen LogP contribution in [0.25, 0.3) is 21.5 Å². The van der Waals surface area contributed by atoms with Crippen molar-refractivity contribution in [3.8, 4) is 10.4 Å². The lowest BCUT2D eigenvalue weighted by atomic mass is 10.2. The van der Waals surface area contributed by atoms with Crippen LogP contribution in [0.15, 0.2) is 48.8 Å². The second-order valence-corrected chi connectivity index (χ2v) is 8.02. The van der Waals surface area contributed by atoms with Gasteiger partial charge in [-0.25, -0.2) is 4.98 Å². The van der Waals surface area contributed by atoms with Crippen LogP contribution in [0.2, 0.25) is 0 Å². The number of thiophene rings is 1. The SMILES string of the molecule is O=C(Nc1nc2ccccc2n1C[C@@H]1CCCN1)c1ccc(-c2cn[nH]c2)s1. The van der Waals surface area contributed by atoms with Crippen molar-refractivity contribution in [2.24, 2.45) is 0 Å². The smallest absolute Gasteiger partial charge is 0.268 e. The number of benzene rings is 1. The summed E-state index contributed by atoms with van der Waals surface area (Å²) in [5.74, 6) is 0.453. The van der Waals surface area contributed by atoms with E-state index < -0.39 is 0 Å². The molecule has 28 heavy (non-hydrogen) atoms. The van der Waals surface area contributed by atoms with Gasteiger partial charge in [0.2, 0.25) is 5.95 Å². The second-order valence-electron chi connectivity index (χ2n) is 6.93. The molecule has 0 aliphatic carbocycles. The highest BCUT2D eigenvalue weighted by Gasteiger charge is 2.20. The van der Waals surface area contributed by atoms with Crippen LogP contribution in [0.4, 0.5) is 5.95 Å². The molecule has 7 nitrogen and oxygen atoms in total. The van der Waals surface area contributed by atoms with Crippen LogP contribution >= 0.6 is 11.3 Å². The van der Waals surface area contributed by atoms with E-state index in [1.54, 1.807) is 6.20 Å². The Hall–Kier alpha value is -2.97. The lowest BCUT2D eigenvalue weighted by Crippen LogP contribution is -2.28. The molecule has 1 aliphatic rings. The Morgan fingerprint density at radius 3 is 3.04 bits per heavy atom. The minimum Gasteiger partial charge on any atom is -0.312 e. The number of anilines is 1. The van der Waals surface area contributed by atoms with E-state index in [-0.39, 0.29) is 5.91 Å². The van der Waals surface area contributed by atoms with Gasteiger partial charge in [0.25, 0.3) is 5.91 Å². The summed E-state index contributed by atoms with van der Waals surface area (Å²) in [6.07, 6.45) is 5.90. The number of fused-ring (bicyclic) bond motifs is 1. The molecule has 8 heteroatoms. The summed E-state index contributed by atoms with van der Waals surface area (Å²) in [5.41, 5.74) is 2.90. The molecule has 1 aromatic carbocycles. The van der Waals surface area contributed by atoms with E-state index in [0.717, 1.165) is 41.0 Å². The summed E-state index contributed by atoms with van der Waals surface area (Å²) in [6.45, 7) is 1.84. The number of aromatic nitrogens is 4. The summed E-state index contributed by atoms with van der Waals surface area (Å²) in [5, 5.41) is 13.3. The molecule has 0 unspecified atom stereocenters. The third-order valence-corrected chi connectivity index (χ3v) is 6.19. The number of rotatable bonds is 5. The van der Waals surface area contributed by atoms with E-state index in [1.807, 2.05) is 36.5 Å². The fourth-order valence-electron chi connectivity index (χ4n) is 3.65. The third kappa shape index (κ3) is 3.21. The minimum atomic E-state index is -0.143. The number of hydrogen-bond acceptors (Lipinski definition) is 5. The Labute approximate surface area is 165 Å². The van der Waals surface area contributed by atoms with E-state index in [1.165, 1.54) is 17.8 Å². The molecule has 1 aliphatic heterocycles. The van der Waals surface area contributed by atoms with Crippen LogP contribution < -0.4 is 10.6 Å². The van der Waals surface area contributed by atoms with E-state index in [4.69, 9.17) is 0 Å². The Balaban J connectivity index is 1.43. The Morgan fingerprint density at radius 2 is 2.21 bits per heavy atom. The summed E-state index contributed by atoms with van der Waals surface area (Å²) < 4.78 is 2.11. The maximum Gasteiger partial charge on any atom is 0.268 e. The number of carbonyl (C=O) groups excluding carboxylic acids is 1. The van der Waals surface area contributed by atoms with Crippen molar-refractivity contribution in [1.29, 1.82) is 0 Å². The van der Waals surface area contributed by atoms with E-state index in [9.17, 15) is 4.79 Å². The van der Waals surface area contributed by atoms with Gasteiger partial charge in [-0.15, -0.1) is 11.3 Å². The molecule has 1 saturated heterocycles. The molecule has 4 aromatic rings. The molecule has 1 amide bonds. The average Bonchev–Trinajstić information content (AvgIpc) is 3.50. The largest absolute Gasteiger partial charge is 0.312 e. The van der Waals surface area contributed by atoms with Crippen LogP contribution in [-0.2, 0) is 6.54 Å². The first-order valence-electron chi connectivity index (χ1n) is 9.37. The van der Waals surface area contributed by atoms with Gasteiger partial charge < -0.3 is 9.88 Å². The van der Waals surface area contributed by atoms with Gasteiger partial charge >= 0.3 is 0 Å². The van der Waals surface area contributed by atoms with Gasteiger partial charge in [0, 0.05) is 29.2 Å². The Bertz CT molecular complexity index is 1110. The van der Waals surface area contributed by atoms with E-state index in [2.05, 4.69) is 36.4 Å². The maximum atomic E-state index is 12.9. The van der Waals surface area contributed by atoms with Crippen LogP contribution in [0.1, 0.15) is 22.5 Å². The highest BCUT2D eigenvalue weighted by atomic mass is 32.1. The molecule has 1 atom stereocenters. The van der Waals surface area contributed by atoms with Crippen LogP contribution in [0.3, 0.4) is 0 Å². The van der Waals surface area contributed by atoms with Gasteiger partial charge in [0.05, 0.1) is 22.1 Å². The quantitative estimate of drug-likeness (QED) is 0.485. The molecule has 0 radical (unpaired) electrons. The number of aromatic amines is 1. The number of imidazole rings is 1. The molecular weight excluding hydrogens is 372 g/mol. The lowest BCUT2D eigenvalue weighted by Gasteiger charge is -2.15. The predicted octanol–water partition coefficient (Wildman–Crippen LogP) is 3.49. The van der Waals surface area contributed by atoms with E-state index >= 15 is 0 Å². The van der Waals surface area contributed by atoms with Crippen LogP contribution in [0.5, 0.6) is 0 Å². The number of para-hydroxylation sites is 2. The standard InChI is InChI=1S/C20H20N6OS/c27-19(18-8-7-17(28-18)13-10-22-23-11-13)25-20-24-15-5-1-2-6-16(15)26(20)12-14-4-3-9-21-14/h1-2,5-8,10-11,14,21H,3-4,9,12H2,(H,22,23)(H,24,25,27)/t14-/m0/s1. The average molecular weight is 392 g/mol. The predicted molar refractivity (Wildman–Crippen MR) is 111 cm³/mol. The minimum absolute atomic E-state index is 0.143. The number of nitrogens with zero attached hydrogens (tertiary/aromatic N) is 3. The molecule has 0 saturated carbocycles. The summed E-state index contributed by atoms with van der Waals surface area (Å²) >= 11 is 1.44. The zero-order valence-electron chi connectivity index (χ0n) is 15.2. The fourth-order valence-corrected chi connectivity index (χ4v) is 4.53. The Morgan fingerprint density at radius 1 is 1.29 bits per heavy atom. The third-order valence-electron chi connectivity index (χ3n) is 5.06. The summed E-state index contributed by atoms with van der Waals surface area (Å²) in [7, 11) is 0. The monoisotopic (exact) mass is 392 g/mol. The number of carbonyl (C=O) groups is 1. The van der Waals surface area contributed by atoms with Crippen molar-refractivity contribution in [3.63, 3.8) is 0 Å². The lowest BCUT2D eigenvalue weighted by molar-refractivity contribution is 0.102. The number of hydrogen-bond donors (Lipinski definition) is 3. The molecule has 1 fully saturated rings. The van der Waals surface area contributed by atoms with Crippen molar-refractivity contribution in [1.82, 2.24) is 25.1 Å². The van der Waals surface area contributed by atoms with Gasteiger partial charge in [-0.2, -0.15) is 5.10 Å². The van der Waals surface area contributed by atoms with Crippen LogP contribution in [-0.4, -0.2) is 38.2 Å². The molecule has 0 spiro atoms. The van der Waals surface area contributed by atoms with Crippen molar-refractivity contribution in [2.75, 3.05) is 11.9 Å². The van der Waals surface area contributed by atoms with Crippen molar-refractivity contribution in [2.45, 2.75) is 25.4 Å². The maximum absolute atomic E-state index is 12.9. The first-order valence-corrected chi connectivity index (χ1v) is 10.2. The van der Waals surface area contributed by atoms with E-state index in [0.29, 0.717) is 16.9 Å². The van der Waals surface area contributed by atoms with Gasteiger partial charge in [-0.3, -0.25) is 15.2 Å². The zero-order valence-corrected chi connectivity index (χ0v) is 16.0. The second kappa shape index (κ2) is 7.21. The molecule has 0 bridgehead atoms. The van der Waals surface area contributed by atoms with Crippen LogP contribution in [0, 0.1) is 0 Å². The van der Waals surface area contributed by atoms with Gasteiger partial charge in [-0.1, -0.05) is 12.1 Å². The molecule has 4 heterocycles. The van der Waals surface area contributed by atoms with Gasteiger partial charge in [0.1, 0.15) is 0 Å². The highest BCUT2D eigenvalue weighted by Crippen LogP contribution is 2.28. The molecule has 3 aromatic heterocycles.